The molecular weight excluding hydrogens is 368 g/mol. The predicted octanol–water partition coefficient (Wildman–Crippen LogP) is 3.28. The Balaban J connectivity index is 2.27. The number of carbonyl (C=O) groups is 1. The van der Waals surface area contributed by atoms with E-state index in [1.807, 2.05) is 29.6 Å². The van der Waals surface area contributed by atoms with Gasteiger partial charge in [0.1, 0.15) is 17.2 Å². The normalized spacial score (nSPS) is 11.0. The fourth-order valence-corrected chi connectivity index (χ4v) is 3.54. The van der Waals surface area contributed by atoms with Crippen LogP contribution in [0.4, 0.5) is 0 Å². The Bertz CT molecular complexity index is 928. The Labute approximate surface area is 138 Å². The minimum absolute atomic E-state index is 0.316. The number of aromatic nitrogens is 2. The molecule has 1 aromatic carbocycles. The van der Waals surface area contributed by atoms with Gasteiger partial charge in [-0.25, -0.2) is 4.98 Å². The summed E-state index contributed by atoms with van der Waals surface area (Å²) >= 11 is 4.77. The Morgan fingerprint density at radius 2 is 2.05 bits per heavy atom. The van der Waals surface area contributed by atoms with Crippen LogP contribution >= 0.6 is 27.3 Å². The van der Waals surface area contributed by atoms with Crippen molar-refractivity contribution in [1.29, 1.82) is 0 Å². The highest BCUT2D eigenvalue weighted by Crippen LogP contribution is 2.31. The first-order valence-corrected chi connectivity index (χ1v) is 8.11. The fourth-order valence-electron chi connectivity index (χ4n) is 2.29. The molecule has 0 saturated carbocycles. The zero-order valence-corrected chi connectivity index (χ0v) is 13.9. The molecule has 0 fully saturated rings. The molecule has 0 amide bonds. The molecule has 0 atom stereocenters. The van der Waals surface area contributed by atoms with Crippen molar-refractivity contribution in [3.63, 3.8) is 0 Å². The number of hydrogen-bond donors (Lipinski definition) is 1. The molecule has 2 aromatic heterocycles. The number of halogens is 1. The number of aliphatic carboxylic acids is 1. The van der Waals surface area contributed by atoms with Crippen LogP contribution < -0.4 is 5.56 Å². The van der Waals surface area contributed by atoms with Gasteiger partial charge in [-0.2, -0.15) is 0 Å². The van der Waals surface area contributed by atoms with Crippen LogP contribution in [0.2, 0.25) is 0 Å². The van der Waals surface area contributed by atoms with Crippen molar-refractivity contribution < 1.29 is 9.90 Å². The lowest BCUT2D eigenvalue weighted by Gasteiger charge is -2.07. The van der Waals surface area contributed by atoms with Gasteiger partial charge in [0.25, 0.3) is 5.56 Å². The Kier molecular flexibility index (Phi) is 3.84. The molecule has 0 saturated heterocycles. The summed E-state index contributed by atoms with van der Waals surface area (Å²) in [6.45, 7) is 1.26. The maximum Gasteiger partial charge on any atom is 0.323 e. The minimum atomic E-state index is -1.06. The van der Waals surface area contributed by atoms with E-state index in [1.165, 1.54) is 15.9 Å². The largest absolute Gasteiger partial charge is 0.480 e. The third kappa shape index (κ3) is 2.57. The first-order chi connectivity index (χ1) is 10.5. The molecule has 0 aliphatic rings. The van der Waals surface area contributed by atoms with Crippen LogP contribution in [0.5, 0.6) is 0 Å². The van der Waals surface area contributed by atoms with Gasteiger partial charge < -0.3 is 5.11 Å². The second-order valence-electron chi connectivity index (χ2n) is 4.78. The van der Waals surface area contributed by atoms with Crippen LogP contribution in [-0.4, -0.2) is 20.6 Å². The van der Waals surface area contributed by atoms with E-state index < -0.39 is 5.97 Å². The molecule has 5 nitrogen and oxygen atoms in total. The predicted molar refractivity (Wildman–Crippen MR) is 89.4 cm³/mol. The summed E-state index contributed by atoms with van der Waals surface area (Å²) < 4.78 is 2.15. The average Bonchev–Trinajstić information content (AvgIpc) is 2.88. The lowest BCUT2D eigenvalue weighted by Crippen LogP contribution is -2.27. The maximum atomic E-state index is 12.7. The van der Waals surface area contributed by atoms with Gasteiger partial charge in [0.05, 0.1) is 5.39 Å². The topological polar surface area (TPSA) is 72.2 Å². The summed E-state index contributed by atoms with van der Waals surface area (Å²) in [5, 5.41) is 11.3. The molecular formula is C15H11BrN2O3S. The van der Waals surface area contributed by atoms with E-state index in [-0.39, 0.29) is 12.1 Å². The van der Waals surface area contributed by atoms with Gasteiger partial charge in [-0.15, -0.1) is 11.3 Å². The van der Waals surface area contributed by atoms with E-state index >= 15 is 0 Å². The zero-order chi connectivity index (χ0) is 15.9. The Morgan fingerprint density at radius 3 is 2.68 bits per heavy atom. The van der Waals surface area contributed by atoms with E-state index in [9.17, 15) is 9.59 Å². The van der Waals surface area contributed by atoms with Gasteiger partial charge in [0.2, 0.25) is 0 Å². The first kappa shape index (κ1) is 14.9. The third-order valence-electron chi connectivity index (χ3n) is 3.33. The molecule has 0 aliphatic heterocycles. The van der Waals surface area contributed by atoms with Crippen molar-refractivity contribution in [2.24, 2.45) is 0 Å². The monoisotopic (exact) mass is 378 g/mol. The summed E-state index contributed by atoms with van der Waals surface area (Å²) in [7, 11) is 0. The van der Waals surface area contributed by atoms with Crippen LogP contribution in [0.3, 0.4) is 0 Å². The summed E-state index contributed by atoms with van der Waals surface area (Å²) in [6.07, 6.45) is 0. The molecule has 1 N–H and O–H groups in total. The van der Waals surface area contributed by atoms with Gasteiger partial charge >= 0.3 is 5.97 Å². The molecule has 7 heteroatoms. The highest BCUT2D eigenvalue weighted by atomic mass is 79.9. The van der Waals surface area contributed by atoms with Crippen molar-refractivity contribution in [1.82, 2.24) is 9.55 Å². The van der Waals surface area contributed by atoms with Gasteiger partial charge in [-0.05, 0) is 24.6 Å². The van der Waals surface area contributed by atoms with Gasteiger partial charge in [0, 0.05) is 15.4 Å². The first-order valence-electron chi connectivity index (χ1n) is 6.43. The van der Waals surface area contributed by atoms with Crippen LogP contribution in [0.15, 0.2) is 38.9 Å². The van der Waals surface area contributed by atoms with Crippen LogP contribution in [0.25, 0.3) is 21.3 Å². The lowest BCUT2D eigenvalue weighted by molar-refractivity contribution is -0.137. The number of hydrogen-bond acceptors (Lipinski definition) is 4. The SMILES string of the molecule is Cc1nc2scc(-c3ccc(Br)cc3)c2c(=O)n1CC(=O)O. The number of aryl methyl sites for hydroxylation is 1. The van der Waals surface area contributed by atoms with Crippen molar-refractivity contribution >= 4 is 43.5 Å². The Morgan fingerprint density at radius 1 is 1.36 bits per heavy atom. The molecule has 2 heterocycles. The average molecular weight is 379 g/mol. The molecule has 112 valence electrons. The Hall–Kier alpha value is -1.99. The third-order valence-corrected chi connectivity index (χ3v) is 4.73. The number of carboxylic acids is 1. The zero-order valence-electron chi connectivity index (χ0n) is 11.5. The van der Waals surface area contributed by atoms with Crippen molar-refractivity contribution in [2.45, 2.75) is 13.5 Å². The molecule has 0 aliphatic carbocycles. The van der Waals surface area contributed by atoms with E-state index in [4.69, 9.17) is 5.11 Å². The highest BCUT2D eigenvalue weighted by Gasteiger charge is 2.16. The molecule has 0 bridgehead atoms. The smallest absolute Gasteiger partial charge is 0.323 e. The van der Waals surface area contributed by atoms with Crippen LogP contribution in [-0.2, 0) is 11.3 Å². The quantitative estimate of drug-likeness (QED) is 0.758. The summed E-state index contributed by atoms with van der Waals surface area (Å²) in [5.74, 6) is -0.657. The molecule has 22 heavy (non-hydrogen) atoms. The highest BCUT2D eigenvalue weighted by molar-refractivity contribution is 9.10. The maximum absolute atomic E-state index is 12.7. The van der Waals surface area contributed by atoms with Crippen LogP contribution in [0.1, 0.15) is 5.82 Å². The van der Waals surface area contributed by atoms with E-state index in [2.05, 4.69) is 20.9 Å². The van der Waals surface area contributed by atoms with Gasteiger partial charge in [-0.3, -0.25) is 14.2 Å². The van der Waals surface area contributed by atoms with E-state index in [1.54, 1.807) is 6.92 Å². The number of benzene rings is 1. The number of nitrogens with zero attached hydrogens (tertiary/aromatic N) is 2. The second kappa shape index (κ2) is 5.66. The number of rotatable bonds is 3. The molecule has 0 spiro atoms. The number of thiophene rings is 1. The summed E-state index contributed by atoms with van der Waals surface area (Å²) in [6, 6.07) is 7.62. The molecule has 3 rings (SSSR count). The van der Waals surface area contributed by atoms with Crippen molar-refractivity contribution in [3.8, 4) is 11.1 Å². The van der Waals surface area contributed by atoms with E-state index in [0.717, 1.165) is 15.6 Å². The lowest BCUT2D eigenvalue weighted by atomic mass is 10.1. The fraction of sp³-hybridized carbons (Fsp3) is 0.133. The van der Waals surface area contributed by atoms with Gasteiger partial charge in [0.15, 0.2) is 0 Å². The van der Waals surface area contributed by atoms with Crippen LogP contribution in [0, 0.1) is 6.92 Å². The second-order valence-corrected chi connectivity index (χ2v) is 6.55. The summed E-state index contributed by atoms with van der Waals surface area (Å²) in [4.78, 5) is 28.6. The number of carboxylic acid groups (broad SMARTS) is 1. The molecule has 0 radical (unpaired) electrons. The van der Waals surface area contributed by atoms with Gasteiger partial charge in [-0.1, -0.05) is 28.1 Å². The minimum Gasteiger partial charge on any atom is -0.480 e. The van der Waals surface area contributed by atoms with E-state index in [0.29, 0.717) is 16.0 Å². The van der Waals surface area contributed by atoms with Crippen molar-refractivity contribution in [2.75, 3.05) is 0 Å². The number of fused-ring (bicyclic) bond motifs is 1. The molecule has 0 unspecified atom stereocenters. The summed E-state index contributed by atoms with van der Waals surface area (Å²) in [5.41, 5.74) is 1.37. The standard InChI is InChI=1S/C15H11BrN2O3S/c1-8-17-14-13(15(21)18(8)6-12(19)20)11(7-22-14)9-2-4-10(16)5-3-9/h2-5,7H,6H2,1H3,(H,19,20). The molecule has 3 aromatic rings. The van der Waals surface area contributed by atoms with Crippen molar-refractivity contribution in [3.05, 3.63) is 50.3 Å².